The number of rotatable bonds is 4. The van der Waals surface area contributed by atoms with Crippen LogP contribution >= 0.6 is 15.9 Å². The number of hydrogen-bond acceptors (Lipinski definition) is 1. The minimum Gasteiger partial charge on any atom is -0.354 e. The van der Waals surface area contributed by atoms with Gasteiger partial charge in [-0.15, -0.1) is 0 Å². The Morgan fingerprint density at radius 1 is 1.25 bits per heavy atom. The summed E-state index contributed by atoms with van der Waals surface area (Å²) in [7, 11) is 0. The summed E-state index contributed by atoms with van der Waals surface area (Å²) in [6.45, 7) is 6.02. The van der Waals surface area contributed by atoms with Crippen LogP contribution in [0.3, 0.4) is 0 Å². The molecular weight excluding hydrogens is 266 g/mol. The molecule has 1 amide bonds. The van der Waals surface area contributed by atoms with E-state index in [0.29, 0.717) is 6.42 Å². The van der Waals surface area contributed by atoms with Crippen LogP contribution in [0.5, 0.6) is 0 Å². The molecule has 3 heteroatoms. The normalized spacial score (nSPS) is 12.6. The lowest BCUT2D eigenvalue weighted by molar-refractivity contribution is -0.121. The lowest BCUT2D eigenvalue weighted by atomic mass is 9.97. The molecule has 1 N–H and O–H groups in total. The van der Waals surface area contributed by atoms with Crippen molar-refractivity contribution in [3.8, 4) is 0 Å². The van der Waals surface area contributed by atoms with Gasteiger partial charge >= 0.3 is 0 Å². The lowest BCUT2D eigenvalue weighted by Gasteiger charge is -2.13. The Kier molecular flexibility index (Phi) is 5.00. The second-order valence-corrected chi connectivity index (χ2v) is 5.29. The molecule has 0 saturated carbocycles. The molecule has 0 bridgehead atoms. The van der Waals surface area contributed by atoms with Crippen LogP contribution in [0.4, 0.5) is 0 Å². The van der Waals surface area contributed by atoms with Crippen molar-refractivity contribution < 1.29 is 4.79 Å². The van der Waals surface area contributed by atoms with E-state index in [1.165, 1.54) is 5.56 Å². The van der Waals surface area contributed by atoms with E-state index < -0.39 is 0 Å². The van der Waals surface area contributed by atoms with E-state index in [1.807, 2.05) is 26.0 Å². The molecule has 88 valence electrons. The van der Waals surface area contributed by atoms with E-state index in [1.54, 1.807) is 0 Å². The summed E-state index contributed by atoms with van der Waals surface area (Å²) in [4.78, 5) is 11.6. The summed E-state index contributed by atoms with van der Waals surface area (Å²) in [6.07, 6.45) is 0.541. The van der Waals surface area contributed by atoms with Crippen molar-refractivity contribution in [1.29, 1.82) is 0 Å². The number of benzene rings is 1. The van der Waals surface area contributed by atoms with Gasteiger partial charge in [-0.3, -0.25) is 4.79 Å². The number of hydrogen-bond donors (Lipinski definition) is 1. The SMILES string of the molecule is CC(C)NC(=O)CC(C)c1ccc(Br)cc1. The Labute approximate surface area is 106 Å². The molecule has 0 aromatic heterocycles. The molecule has 1 rings (SSSR count). The number of carbonyl (C=O) groups is 1. The summed E-state index contributed by atoms with van der Waals surface area (Å²) in [5, 5.41) is 2.91. The molecule has 0 heterocycles. The Bertz CT molecular complexity index is 345. The van der Waals surface area contributed by atoms with Crippen LogP contribution in [0, 0.1) is 0 Å². The Balaban J connectivity index is 2.55. The van der Waals surface area contributed by atoms with Gasteiger partial charge in [0.25, 0.3) is 0 Å². The first kappa shape index (κ1) is 13.2. The summed E-state index contributed by atoms with van der Waals surface area (Å²) in [5.74, 6) is 0.372. The minimum absolute atomic E-state index is 0.116. The maximum absolute atomic E-state index is 11.6. The maximum Gasteiger partial charge on any atom is 0.220 e. The van der Waals surface area contributed by atoms with Gasteiger partial charge in [0.1, 0.15) is 0 Å². The highest BCUT2D eigenvalue weighted by Gasteiger charge is 2.11. The third-order valence-corrected chi connectivity index (χ3v) is 2.91. The van der Waals surface area contributed by atoms with Crippen LogP contribution < -0.4 is 5.32 Å². The zero-order valence-corrected chi connectivity index (χ0v) is 11.5. The van der Waals surface area contributed by atoms with Crippen LogP contribution in [0.1, 0.15) is 38.7 Å². The Morgan fingerprint density at radius 3 is 2.31 bits per heavy atom. The third kappa shape index (κ3) is 4.35. The predicted octanol–water partition coefficient (Wildman–Crippen LogP) is 3.47. The first-order valence-corrected chi connectivity index (χ1v) is 6.33. The molecule has 1 unspecified atom stereocenters. The molecule has 1 aromatic rings. The fourth-order valence-electron chi connectivity index (χ4n) is 1.57. The fourth-order valence-corrected chi connectivity index (χ4v) is 1.83. The first-order valence-electron chi connectivity index (χ1n) is 5.54. The predicted molar refractivity (Wildman–Crippen MR) is 70.5 cm³/mol. The van der Waals surface area contributed by atoms with Crippen molar-refractivity contribution in [2.24, 2.45) is 0 Å². The van der Waals surface area contributed by atoms with Gasteiger partial charge in [0, 0.05) is 16.9 Å². The molecule has 0 aliphatic heterocycles. The molecule has 0 aliphatic carbocycles. The van der Waals surface area contributed by atoms with Gasteiger partial charge < -0.3 is 5.32 Å². The Hall–Kier alpha value is -0.830. The molecule has 0 radical (unpaired) electrons. The van der Waals surface area contributed by atoms with Gasteiger partial charge in [-0.05, 0) is 37.5 Å². The molecule has 2 nitrogen and oxygen atoms in total. The Morgan fingerprint density at radius 2 is 1.81 bits per heavy atom. The number of carbonyl (C=O) groups excluding carboxylic acids is 1. The summed E-state index contributed by atoms with van der Waals surface area (Å²) < 4.78 is 1.06. The summed E-state index contributed by atoms with van der Waals surface area (Å²) in [5.41, 5.74) is 1.20. The van der Waals surface area contributed by atoms with Crippen molar-refractivity contribution in [2.75, 3.05) is 0 Å². The van der Waals surface area contributed by atoms with E-state index in [-0.39, 0.29) is 17.9 Å². The second-order valence-electron chi connectivity index (χ2n) is 4.38. The zero-order chi connectivity index (χ0) is 12.1. The third-order valence-electron chi connectivity index (χ3n) is 2.38. The van der Waals surface area contributed by atoms with Crippen molar-refractivity contribution in [3.63, 3.8) is 0 Å². The van der Waals surface area contributed by atoms with Gasteiger partial charge in [-0.25, -0.2) is 0 Å². The molecule has 0 saturated heterocycles. The van der Waals surface area contributed by atoms with Gasteiger partial charge in [-0.2, -0.15) is 0 Å². The topological polar surface area (TPSA) is 29.1 Å². The van der Waals surface area contributed by atoms with Gasteiger partial charge in [0.2, 0.25) is 5.91 Å². The zero-order valence-electron chi connectivity index (χ0n) is 9.96. The fraction of sp³-hybridized carbons (Fsp3) is 0.462. The minimum atomic E-state index is 0.116. The molecule has 16 heavy (non-hydrogen) atoms. The van der Waals surface area contributed by atoms with Crippen molar-refractivity contribution in [1.82, 2.24) is 5.32 Å². The van der Waals surface area contributed by atoms with E-state index in [2.05, 4.69) is 40.3 Å². The van der Waals surface area contributed by atoms with Crippen molar-refractivity contribution in [2.45, 2.75) is 39.2 Å². The van der Waals surface area contributed by atoms with Crippen LogP contribution in [0.15, 0.2) is 28.7 Å². The molecule has 1 atom stereocenters. The van der Waals surface area contributed by atoms with Gasteiger partial charge in [0.15, 0.2) is 0 Å². The van der Waals surface area contributed by atoms with Crippen LogP contribution in [-0.2, 0) is 4.79 Å². The highest BCUT2D eigenvalue weighted by molar-refractivity contribution is 9.10. The van der Waals surface area contributed by atoms with Crippen molar-refractivity contribution in [3.05, 3.63) is 34.3 Å². The molecule has 1 aromatic carbocycles. The molecule has 0 fully saturated rings. The van der Waals surface area contributed by atoms with Gasteiger partial charge in [-0.1, -0.05) is 35.0 Å². The van der Waals surface area contributed by atoms with Crippen LogP contribution in [0.2, 0.25) is 0 Å². The first-order chi connectivity index (χ1) is 7.49. The second kappa shape index (κ2) is 6.04. The average molecular weight is 284 g/mol. The maximum atomic E-state index is 11.6. The van der Waals surface area contributed by atoms with E-state index in [9.17, 15) is 4.79 Å². The van der Waals surface area contributed by atoms with E-state index >= 15 is 0 Å². The van der Waals surface area contributed by atoms with Gasteiger partial charge in [0.05, 0.1) is 0 Å². The standard InChI is InChI=1S/C13H18BrNO/c1-9(2)15-13(16)8-10(3)11-4-6-12(14)7-5-11/h4-7,9-10H,8H2,1-3H3,(H,15,16). The quantitative estimate of drug-likeness (QED) is 0.901. The molecule has 0 aliphatic rings. The molecule has 0 spiro atoms. The van der Waals surface area contributed by atoms with Crippen LogP contribution in [-0.4, -0.2) is 11.9 Å². The lowest BCUT2D eigenvalue weighted by Crippen LogP contribution is -2.30. The average Bonchev–Trinajstić information content (AvgIpc) is 2.16. The highest BCUT2D eigenvalue weighted by atomic mass is 79.9. The monoisotopic (exact) mass is 283 g/mol. The number of nitrogens with one attached hydrogen (secondary N) is 1. The van der Waals surface area contributed by atoms with E-state index in [4.69, 9.17) is 0 Å². The highest BCUT2D eigenvalue weighted by Crippen LogP contribution is 2.21. The largest absolute Gasteiger partial charge is 0.354 e. The smallest absolute Gasteiger partial charge is 0.220 e. The van der Waals surface area contributed by atoms with E-state index in [0.717, 1.165) is 4.47 Å². The summed E-state index contributed by atoms with van der Waals surface area (Å²) in [6, 6.07) is 8.33. The number of halogens is 1. The number of amides is 1. The molecular formula is C13H18BrNO. The van der Waals surface area contributed by atoms with Crippen molar-refractivity contribution >= 4 is 21.8 Å². The van der Waals surface area contributed by atoms with Crippen LogP contribution in [0.25, 0.3) is 0 Å². The summed E-state index contributed by atoms with van der Waals surface area (Å²) >= 11 is 3.40.